The van der Waals surface area contributed by atoms with Gasteiger partial charge in [-0.1, -0.05) is 30.3 Å². The number of anilines is 1. The van der Waals surface area contributed by atoms with Crippen LogP contribution in [0.15, 0.2) is 65.8 Å². The van der Waals surface area contributed by atoms with Crippen molar-refractivity contribution in [3.63, 3.8) is 0 Å². The van der Waals surface area contributed by atoms with Crippen molar-refractivity contribution in [1.82, 2.24) is 14.3 Å². The maximum absolute atomic E-state index is 14.0. The fourth-order valence-electron chi connectivity index (χ4n) is 3.55. The van der Waals surface area contributed by atoms with Crippen molar-refractivity contribution < 1.29 is 22.0 Å². The quantitative estimate of drug-likeness (QED) is 0.632. The number of nitrogens with one attached hydrogen (secondary N) is 1. The molecule has 0 saturated carbocycles. The van der Waals surface area contributed by atoms with Crippen molar-refractivity contribution in [3.05, 3.63) is 72.6 Å². The Balaban J connectivity index is 1.37. The maximum atomic E-state index is 14.0. The lowest BCUT2D eigenvalue weighted by Gasteiger charge is -2.30. The number of rotatable bonds is 5. The Morgan fingerprint density at radius 2 is 1.66 bits per heavy atom. The first-order valence-electron chi connectivity index (χ1n) is 9.98. The molecule has 2 heterocycles. The fraction of sp³-hybridized carbons (Fsp3) is 0.227. The van der Waals surface area contributed by atoms with Crippen LogP contribution in [0.5, 0.6) is 0 Å². The maximum Gasteiger partial charge on any atom is 0.246 e. The molecule has 7 nitrogen and oxygen atoms in total. The first-order valence-corrected chi connectivity index (χ1v) is 11.4. The lowest BCUT2D eigenvalue weighted by molar-refractivity contribution is -0.120. The van der Waals surface area contributed by atoms with Gasteiger partial charge >= 0.3 is 0 Å². The third-order valence-corrected chi connectivity index (χ3v) is 7.20. The number of amides is 1. The van der Waals surface area contributed by atoms with Gasteiger partial charge in [0, 0.05) is 24.6 Å². The number of benzene rings is 2. The second kappa shape index (κ2) is 9.09. The van der Waals surface area contributed by atoms with Gasteiger partial charge in [0.1, 0.15) is 16.5 Å². The number of hydrogen-bond donors (Lipinski definition) is 1. The topological polar surface area (TPSA) is 92.3 Å². The molecule has 0 atom stereocenters. The van der Waals surface area contributed by atoms with E-state index in [-0.39, 0.29) is 31.8 Å². The zero-order valence-electron chi connectivity index (χ0n) is 16.9. The minimum atomic E-state index is -4.19. The van der Waals surface area contributed by atoms with Crippen LogP contribution in [-0.2, 0) is 14.8 Å². The lowest BCUT2D eigenvalue weighted by atomic mass is 9.97. The number of carbonyl (C=O) groups is 1. The van der Waals surface area contributed by atoms with Crippen LogP contribution in [0.1, 0.15) is 12.8 Å². The normalized spacial score (nSPS) is 15.4. The lowest BCUT2D eigenvalue weighted by Crippen LogP contribution is -2.41. The molecule has 0 spiro atoms. The monoisotopic (exact) mass is 458 g/mol. The van der Waals surface area contributed by atoms with Crippen molar-refractivity contribution in [3.8, 4) is 11.4 Å². The number of carbonyl (C=O) groups excluding carboxylic acids is 1. The first kappa shape index (κ1) is 22.0. The van der Waals surface area contributed by atoms with Gasteiger partial charge in [0.05, 0.1) is 18.1 Å². The zero-order chi connectivity index (χ0) is 22.7. The summed E-state index contributed by atoms with van der Waals surface area (Å²) in [4.78, 5) is 20.4. The van der Waals surface area contributed by atoms with Gasteiger partial charge in [-0.25, -0.2) is 27.2 Å². The van der Waals surface area contributed by atoms with E-state index >= 15 is 0 Å². The summed E-state index contributed by atoms with van der Waals surface area (Å²) in [6, 6.07) is 11.7. The molecule has 166 valence electrons. The Morgan fingerprint density at radius 1 is 1.00 bits per heavy atom. The molecule has 4 rings (SSSR count). The average molecular weight is 458 g/mol. The highest BCUT2D eigenvalue weighted by Crippen LogP contribution is 2.26. The molecule has 1 aromatic heterocycles. The first-order chi connectivity index (χ1) is 15.3. The number of aromatic nitrogens is 2. The van der Waals surface area contributed by atoms with Gasteiger partial charge in [-0.2, -0.15) is 4.31 Å². The minimum absolute atomic E-state index is 0.0276. The van der Waals surface area contributed by atoms with Crippen LogP contribution in [0.2, 0.25) is 0 Å². The van der Waals surface area contributed by atoms with Crippen molar-refractivity contribution in [2.24, 2.45) is 5.92 Å². The van der Waals surface area contributed by atoms with Crippen LogP contribution in [0.4, 0.5) is 14.5 Å². The number of nitrogens with zero attached hydrogens (tertiary/aromatic N) is 3. The molecule has 0 radical (unpaired) electrons. The second-order valence-corrected chi connectivity index (χ2v) is 9.31. The molecule has 2 aromatic carbocycles. The van der Waals surface area contributed by atoms with Gasteiger partial charge in [0.2, 0.25) is 15.9 Å². The Bertz CT molecular complexity index is 1210. The number of piperidine rings is 1. The molecule has 0 unspecified atom stereocenters. The highest BCUT2D eigenvalue weighted by atomic mass is 32.2. The van der Waals surface area contributed by atoms with E-state index < -0.39 is 32.5 Å². The molecule has 1 aliphatic heterocycles. The summed E-state index contributed by atoms with van der Waals surface area (Å²) < 4.78 is 53.8. The predicted octanol–water partition coefficient (Wildman–Crippen LogP) is 3.46. The SMILES string of the molecule is O=C(Nc1cnc(-c2ccccc2)nc1)C1CCN(S(=O)(=O)c2cc(F)ccc2F)CC1. The minimum Gasteiger partial charge on any atom is -0.323 e. The molecule has 32 heavy (non-hydrogen) atoms. The van der Waals surface area contributed by atoms with Crippen molar-refractivity contribution in [2.75, 3.05) is 18.4 Å². The summed E-state index contributed by atoms with van der Waals surface area (Å²) in [5.41, 5.74) is 1.29. The van der Waals surface area contributed by atoms with E-state index in [2.05, 4.69) is 15.3 Å². The summed E-state index contributed by atoms with van der Waals surface area (Å²) in [6.07, 6.45) is 3.54. The molecule has 1 fully saturated rings. The van der Waals surface area contributed by atoms with E-state index in [1.165, 1.54) is 12.4 Å². The van der Waals surface area contributed by atoms with E-state index in [0.29, 0.717) is 17.6 Å². The van der Waals surface area contributed by atoms with E-state index in [1.807, 2.05) is 30.3 Å². The molecule has 1 aliphatic rings. The number of halogens is 2. The molecule has 10 heteroatoms. The molecule has 0 bridgehead atoms. The van der Waals surface area contributed by atoms with E-state index in [9.17, 15) is 22.0 Å². The van der Waals surface area contributed by atoms with Crippen LogP contribution in [-0.4, -0.2) is 41.7 Å². The molecule has 1 N–H and O–H groups in total. The van der Waals surface area contributed by atoms with Crippen LogP contribution in [0.25, 0.3) is 11.4 Å². The molecule has 1 amide bonds. The average Bonchev–Trinajstić information content (AvgIpc) is 2.81. The summed E-state index contributed by atoms with van der Waals surface area (Å²) in [5.74, 6) is -2.00. The van der Waals surface area contributed by atoms with Crippen LogP contribution in [0.3, 0.4) is 0 Å². The molecule has 1 saturated heterocycles. The number of sulfonamides is 1. The smallest absolute Gasteiger partial charge is 0.246 e. The largest absolute Gasteiger partial charge is 0.323 e. The third-order valence-electron chi connectivity index (χ3n) is 5.29. The standard InChI is InChI=1S/C22H20F2N4O3S/c23-17-6-7-19(24)20(12-17)32(30,31)28-10-8-16(9-11-28)22(29)27-18-13-25-21(26-14-18)15-4-2-1-3-5-15/h1-7,12-14,16H,8-11H2,(H,27,29). The van der Waals surface area contributed by atoms with E-state index in [4.69, 9.17) is 0 Å². The van der Waals surface area contributed by atoms with Crippen molar-refractivity contribution in [2.45, 2.75) is 17.7 Å². The highest BCUT2D eigenvalue weighted by molar-refractivity contribution is 7.89. The Labute approximate surface area is 184 Å². The van der Waals surface area contributed by atoms with Crippen LogP contribution >= 0.6 is 0 Å². The summed E-state index contributed by atoms with van der Waals surface area (Å²) in [7, 11) is -4.19. The number of hydrogen-bond acceptors (Lipinski definition) is 5. The Kier molecular flexibility index (Phi) is 6.24. The van der Waals surface area contributed by atoms with E-state index in [1.54, 1.807) is 0 Å². The molecule has 0 aliphatic carbocycles. The summed E-state index contributed by atoms with van der Waals surface area (Å²) in [6.45, 7) is 0.0552. The van der Waals surface area contributed by atoms with Crippen molar-refractivity contribution in [1.29, 1.82) is 0 Å². The zero-order valence-corrected chi connectivity index (χ0v) is 17.7. The molecular formula is C22H20F2N4O3S. The van der Waals surface area contributed by atoms with Crippen LogP contribution < -0.4 is 5.32 Å². The molecule has 3 aromatic rings. The van der Waals surface area contributed by atoms with E-state index in [0.717, 1.165) is 22.0 Å². The third kappa shape index (κ3) is 4.66. The van der Waals surface area contributed by atoms with Gasteiger partial charge < -0.3 is 5.32 Å². The fourth-order valence-corrected chi connectivity index (χ4v) is 5.09. The summed E-state index contributed by atoms with van der Waals surface area (Å²) in [5, 5.41) is 2.75. The van der Waals surface area contributed by atoms with Gasteiger partial charge in [-0.05, 0) is 31.0 Å². The van der Waals surface area contributed by atoms with Gasteiger partial charge in [0.15, 0.2) is 5.82 Å². The molecular weight excluding hydrogens is 438 g/mol. The van der Waals surface area contributed by atoms with Gasteiger partial charge in [-0.15, -0.1) is 0 Å². The highest BCUT2D eigenvalue weighted by Gasteiger charge is 2.33. The van der Waals surface area contributed by atoms with Gasteiger partial charge in [-0.3, -0.25) is 4.79 Å². The van der Waals surface area contributed by atoms with Crippen LogP contribution in [0, 0.1) is 17.6 Å². The second-order valence-electron chi connectivity index (χ2n) is 7.40. The Hall–Kier alpha value is -3.24. The van der Waals surface area contributed by atoms with Crippen molar-refractivity contribution >= 4 is 21.6 Å². The van der Waals surface area contributed by atoms with Gasteiger partial charge in [0.25, 0.3) is 0 Å². The Morgan fingerprint density at radius 3 is 2.31 bits per heavy atom. The predicted molar refractivity (Wildman–Crippen MR) is 114 cm³/mol. The summed E-state index contributed by atoms with van der Waals surface area (Å²) >= 11 is 0.